The second-order valence-corrected chi connectivity index (χ2v) is 8.63. The van der Waals surface area contributed by atoms with E-state index in [0.29, 0.717) is 12.2 Å². The van der Waals surface area contributed by atoms with E-state index in [-0.39, 0.29) is 17.9 Å². The SMILES string of the molecule is O=C1CCCC1C1CCCN1C(=O)c1cc(Br)c(Br)s1. The Morgan fingerprint density at radius 3 is 2.70 bits per heavy atom. The summed E-state index contributed by atoms with van der Waals surface area (Å²) in [7, 11) is 0. The smallest absolute Gasteiger partial charge is 0.264 e. The first-order valence-corrected chi connectivity index (χ1v) is 9.26. The molecule has 1 saturated carbocycles. The summed E-state index contributed by atoms with van der Waals surface area (Å²) in [5.41, 5.74) is 0. The Morgan fingerprint density at radius 2 is 2.10 bits per heavy atom. The normalized spacial score (nSPS) is 26.5. The lowest BCUT2D eigenvalue weighted by molar-refractivity contribution is -0.121. The Labute approximate surface area is 139 Å². The number of hydrogen-bond donors (Lipinski definition) is 0. The van der Waals surface area contributed by atoms with E-state index in [4.69, 9.17) is 0 Å². The molecule has 2 heterocycles. The van der Waals surface area contributed by atoms with E-state index < -0.39 is 0 Å². The molecule has 2 atom stereocenters. The van der Waals surface area contributed by atoms with Crippen molar-refractivity contribution in [2.45, 2.75) is 38.1 Å². The van der Waals surface area contributed by atoms with Gasteiger partial charge in [0, 0.05) is 29.4 Å². The fourth-order valence-corrected chi connectivity index (χ4v) is 5.30. The first kappa shape index (κ1) is 14.7. The molecular formula is C14H15Br2NO2S. The number of likely N-dealkylation sites (tertiary alicyclic amines) is 1. The van der Waals surface area contributed by atoms with E-state index in [2.05, 4.69) is 31.9 Å². The minimum atomic E-state index is 0.0728. The molecule has 108 valence electrons. The summed E-state index contributed by atoms with van der Waals surface area (Å²) in [6, 6.07) is 1.99. The minimum absolute atomic E-state index is 0.0728. The minimum Gasteiger partial charge on any atom is -0.334 e. The largest absolute Gasteiger partial charge is 0.334 e. The maximum Gasteiger partial charge on any atom is 0.264 e. The van der Waals surface area contributed by atoms with E-state index in [1.54, 1.807) is 0 Å². The molecule has 0 aromatic carbocycles. The highest BCUT2D eigenvalue weighted by atomic mass is 79.9. The molecule has 1 aromatic heterocycles. The van der Waals surface area contributed by atoms with Crippen molar-refractivity contribution in [2.24, 2.45) is 5.92 Å². The number of ketones is 1. The molecule has 0 bridgehead atoms. The van der Waals surface area contributed by atoms with Crippen molar-refractivity contribution in [3.05, 3.63) is 19.2 Å². The number of carbonyl (C=O) groups is 2. The fourth-order valence-electron chi connectivity index (χ4n) is 3.31. The number of carbonyl (C=O) groups excluding carboxylic acids is 2. The predicted octanol–water partition coefficient (Wildman–Crippen LogP) is 4.25. The van der Waals surface area contributed by atoms with Crippen molar-refractivity contribution in [1.82, 2.24) is 4.90 Å². The lowest BCUT2D eigenvalue weighted by atomic mass is 9.95. The molecule has 1 aromatic rings. The van der Waals surface area contributed by atoms with Crippen molar-refractivity contribution >= 4 is 54.9 Å². The fraction of sp³-hybridized carbons (Fsp3) is 0.571. The second-order valence-electron chi connectivity index (χ2n) is 5.41. The number of hydrogen-bond acceptors (Lipinski definition) is 3. The highest BCUT2D eigenvalue weighted by Crippen LogP contribution is 2.37. The van der Waals surface area contributed by atoms with Gasteiger partial charge in [-0.2, -0.15) is 0 Å². The van der Waals surface area contributed by atoms with Gasteiger partial charge in [0.1, 0.15) is 5.78 Å². The van der Waals surface area contributed by atoms with Crippen LogP contribution in [-0.4, -0.2) is 29.2 Å². The van der Waals surface area contributed by atoms with Gasteiger partial charge in [-0.05, 0) is 63.6 Å². The first-order chi connectivity index (χ1) is 9.58. The summed E-state index contributed by atoms with van der Waals surface area (Å²) in [5, 5.41) is 0. The second kappa shape index (κ2) is 5.89. The molecule has 3 rings (SSSR count). The van der Waals surface area contributed by atoms with Crippen LogP contribution < -0.4 is 0 Å². The van der Waals surface area contributed by atoms with Crippen LogP contribution in [0.15, 0.2) is 14.3 Å². The highest BCUT2D eigenvalue weighted by molar-refractivity contribution is 9.13. The average molecular weight is 421 g/mol. The van der Waals surface area contributed by atoms with Crippen LogP contribution in [0.2, 0.25) is 0 Å². The molecule has 6 heteroatoms. The quantitative estimate of drug-likeness (QED) is 0.717. The Balaban J connectivity index is 1.81. The molecule has 3 nitrogen and oxygen atoms in total. The van der Waals surface area contributed by atoms with Crippen LogP contribution in [0.1, 0.15) is 41.8 Å². The third-order valence-corrected chi connectivity index (χ3v) is 7.48. The van der Waals surface area contributed by atoms with Crippen LogP contribution in [0, 0.1) is 5.92 Å². The number of thiophene rings is 1. The van der Waals surface area contributed by atoms with Gasteiger partial charge in [-0.25, -0.2) is 0 Å². The third-order valence-electron chi connectivity index (χ3n) is 4.23. The summed E-state index contributed by atoms with van der Waals surface area (Å²) in [6.45, 7) is 0.778. The molecule has 2 unspecified atom stereocenters. The summed E-state index contributed by atoms with van der Waals surface area (Å²) in [6.07, 6.45) is 4.60. The Hall–Kier alpha value is -0.200. The molecule has 1 amide bonds. The van der Waals surface area contributed by atoms with Gasteiger partial charge < -0.3 is 4.90 Å². The van der Waals surface area contributed by atoms with Gasteiger partial charge in [-0.3, -0.25) is 9.59 Å². The molecule has 2 fully saturated rings. The van der Waals surface area contributed by atoms with Crippen molar-refractivity contribution in [2.75, 3.05) is 6.54 Å². The van der Waals surface area contributed by atoms with Crippen LogP contribution in [-0.2, 0) is 4.79 Å². The Morgan fingerprint density at radius 1 is 1.30 bits per heavy atom. The number of halogens is 2. The zero-order valence-electron chi connectivity index (χ0n) is 10.9. The van der Waals surface area contributed by atoms with Gasteiger partial charge in [0.15, 0.2) is 0 Å². The lowest BCUT2D eigenvalue weighted by Gasteiger charge is -2.28. The van der Waals surface area contributed by atoms with Crippen LogP contribution in [0.3, 0.4) is 0 Å². The average Bonchev–Trinajstić information content (AvgIpc) is 3.10. The molecule has 0 radical (unpaired) electrons. The summed E-state index contributed by atoms with van der Waals surface area (Å²) >= 11 is 8.30. The van der Waals surface area contributed by atoms with E-state index in [9.17, 15) is 9.59 Å². The summed E-state index contributed by atoms with van der Waals surface area (Å²) < 4.78 is 1.85. The van der Waals surface area contributed by atoms with Gasteiger partial charge >= 0.3 is 0 Å². The van der Waals surface area contributed by atoms with Crippen molar-refractivity contribution in [3.63, 3.8) is 0 Å². The number of amides is 1. The standard InChI is InChI=1S/C14H15Br2NO2S/c15-9-7-12(20-13(9)16)14(19)17-6-2-4-10(17)8-3-1-5-11(8)18/h7-8,10H,1-6H2. The van der Waals surface area contributed by atoms with E-state index in [0.717, 1.165) is 45.4 Å². The van der Waals surface area contributed by atoms with E-state index in [1.165, 1.54) is 11.3 Å². The number of nitrogens with zero attached hydrogens (tertiary/aromatic N) is 1. The van der Waals surface area contributed by atoms with Gasteiger partial charge in [0.05, 0.1) is 8.66 Å². The van der Waals surface area contributed by atoms with Crippen molar-refractivity contribution in [3.8, 4) is 0 Å². The molecule has 20 heavy (non-hydrogen) atoms. The number of Topliss-reactive ketones (excluding diaryl/α,β-unsaturated/α-hetero) is 1. The van der Waals surface area contributed by atoms with E-state index >= 15 is 0 Å². The van der Waals surface area contributed by atoms with Crippen LogP contribution in [0.25, 0.3) is 0 Å². The predicted molar refractivity (Wildman–Crippen MR) is 86.1 cm³/mol. The van der Waals surface area contributed by atoms with Gasteiger partial charge in [0.2, 0.25) is 0 Å². The summed E-state index contributed by atoms with van der Waals surface area (Å²) in [4.78, 5) is 27.3. The monoisotopic (exact) mass is 419 g/mol. The molecule has 2 aliphatic rings. The highest BCUT2D eigenvalue weighted by Gasteiger charge is 2.40. The first-order valence-electron chi connectivity index (χ1n) is 6.86. The maximum atomic E-state index is 12.7. The van der Waals surface area contributed by atoms with Crippen molar-refractivity contribution in [1.29, 1.82) is 0 Å². The third kappa shape index (κ3) is 2.62. The van der Waals surface area contributed by atoms with Gasteiger partial charge in [-0.15, -0.1) is 11.3 Å². The Kier molecular flexibility index (Phi) is 4.34. The molecular weight excluding hydrogens is 406 g/mol. The zero-order valence-corrected chi connectivity index (χ0v) is 14.9. The van der Waals surface area contributed by atoms with E-state index in [1.807, 2.05) is 11.0 Å². The molecule has 0 N–H and O–H groups in total. The topological polar surface area (TPSA) is 37.4 Å². The van der Waals surface area contributed by atoms with Crippen LogP contribution >= 0.6 is 43.2 Å². The Bertz CT molecular complexity index is 538. The van der Waals surface area contributed by atoms with Gasteiger partial charge in [-0.1, -0.05) is 0 Å². The molecule has 0 spiro atoms. The zero-order chi connectivity index (χ0) is 14.3. The lowest BCUT2D eigenvalue weighted by Crippen LogP contribution is -2.41. The molecule has 1 aliphatic carbocycles. The number of rotatable bonds is 2. The van der Waals surface area contributed by atoms with Crippen LogP contribution in [0.4, 0.5) is 0 Å². The van der Waals surface area contributed by atoms with Crippen molar-refractivity contribution < 1.29 is 9.59 Å². The summed E-state index contributed by atoms with van der Waals surface area (Å²) in [5.74, 6) is 0.500. The molecule has 1 aliphatic heterocycles. The van der Waals surface area contributed by atoms with Gasteiger partial charge in [0.25, 0.3) is 5.91 Å². The molecule has 1 saturated heterocycles. The maximum absolute atomic E-state index is 12.7. The van der Waals surface area contributed by atoms with Crippen LogP contribution in [0.5, 0.6) is 0 Å².